The van der Waals surface area contributed by atoms with Gasteiger partial charge >= 0.3 is 6.09 Å². The van der Waals surface area contributed by atoms with E-state index >= 15 is 0 Å². The molecular formula is C20H31NO3Si. The van der Waals surface area contributed by atoms with Crippen molar-refractivity contribution < 1.29 is 14.0 Å². The number of nitrogens with zero attached hydrogens (tertiary/aromatic N) is 1. The van der Waals surface area contributed by atoms with Gasteiger partial charge in [-0.3, -0.25) is 4.57 Å². The highest BCUT2D eigenvalue weighted by molar-refractivity contribution is 6.74. The smallest absolute Gasteiger partial charge is 0.419 e. The van der Waals surface area contributed by atoms with Gasteiger partial charge in [0.1, 0.15) is 5.60 Å². The summed E-state index contributed by atoms with van der Waals surface area (Å²) in [6.07, 6.45) is 1.49. The molecule has 0 amide bonds. The Morgan fingerprint density at radius 3 is 2.24 bits per heavy atom. The molecule has 1 heterocycles. The van der Waals surface area contributed by atoms with Crippen LogP contribution in [0.3, 0.4) is 0 Å². The molecule has 2 aromatic rings. The number of hydrogen-bond acceptors (Lipinski definition) is 3. The molecule has 1 aromatic heterocycles. The Kier molecular flexibility index (Phi) is 5.22. The van der Waals surface area contributed by atoms with Crippen molar-refractivity contribution >= 4 is 25.3 Å². The molecule has 0 saturated heterocycles. The summed E-state index contributed by atoms with van der Waals surface area (Å²) in [4.78, 5) is 12.6. The number of rotatable bonds is 3. The SMILES string of the molecule is CC(C)(C)OC(=O)n1cc(CO[Si](C)(C)C(C)(C)C)c2ccccc21. The Balaban J connectivity index is 2.35. The molecule has 0 aliphatic carbocycles. The molecule has 138 valence electrons. The molecule has 25 heavy (non-hydrogen) atoms. The van der Waals surface area contributed by atoms with Crippen molar-refractivity contribution in [1.29, 1.82) is 0 Å². The number of carbonyl (C=O) groups excluding carboxylic acids is 1. The summed E-state index contributed by atoms with van der Waals surface area (Å²) in [6.45, 7) is 17.3. The van der Waals surface area contributed by atoms with Crippen LogP contribution in [0.1, 0.15) is 47.1 Å². The van der Waals surface area contributed by atoms with E-state index in [-0.39, 0.29) is 11.1 Å². The Morgan fingerprint density at radius 2 is 1.68 bits per heavy atom. The van der Waals surface area contributed by atoms with Crippen LogP contribution in [0.5, 0.6) is 0 Å². The molecular weight excluding hydrogens is 330 g/mol. The minimum atomic E-state index is -1.86. The van der Waals surface area contributed by atoms with Gasteiger partial charge in [-0.05, 0) is 45.0 Å². The molecule has 0 aliphatic heterocycles. The first-order chi connectivity index (χ1) is 11.3. The molecule has 2 rings (SSSR count). The monoisotopic (exact) mass is 361 g/mol. The van der Waals surface area contributed by atoms with Crippen molar-refractivity contribution in [2.75, 3.05) is 0 Å². The first-order valence-electron chi connectivity index (χ1n) is 8.78. The van der Waals surface area contributed by atoms with Crippen molar-refractivity contribution in [1.82, 2.24) is 4.57 Å². The van der Waals surface area contributed by atoms with Gasteiger partial charge in [-0.2, -0.15) is 0 Å². The molecule has 0 aliphatic rings. The van der Waals surface area contributed by atoms with Gasteiger partial charge in [0.25, 0.3) is 0 Å². The third-order valence-electron chi connectivity index (χ3n) is 4.78. The maximum Gasteiger partial charge on any atom is 0.419 e. The summed E-state index contributed by atoms with van der Waals surface area (Å²) in [5, 5.41) is 1.18. The predicted octanol–water partition coefficient (Wildman–Crippen LogP) is 5.95. The highest BCUT2D eigenvalue weighted by Gasteiger charge is 2.37. The second kappa shape index (κ2) is 6.61. The van der Waals surface area contributed by atoms with Crippen LogP contribution in [0, 0.1) is 0 Å². The van der Waals surface area contributed by atoms with E-state index in [1.54, 1.807) is 4.57 Å². The zero-order chi connectivity index (χ0) is 19.0. The fraction of sp³-hybridized carbons (Fsp3) is 0.550. The lowest BCUT2D eigenvalue weighted by Gasteiger charge is -2.36. The number of carbonyl (C=O) groups is 1. The first-order valence-corrected chi connectivity index (χ1v) is 11.7. The summed E-state index contributed by atoms with van der Waals surface area (Å²) in [7, 11) is -1.86. The summed E-state index contributed by atoms with van der Waals surface area (Å²) < 4.78 is 13.5. The van der Waals surface area contributed by atoms with E-state index < -0.39 is 13.9 Å². The predicted molar refractivity (Wildman–Crippen MR) is 106 cm³/mol. The second-order valence-electron chi connectivity index (χ2n) is 9.07. The van der Waals surface area contributed by atoms with Crippen molar-refractivity contribution in [2.45, 2.75) is 71.9 Å². The minimum Gasteiger partial charge on any atom is -0.443 e. The van der Waals surface area contributed by atoms with Gasteiger partial charge < -0.3 is 9.16 Å². The van der Waals surface area contributed by atoms with E-state index in [0.29, 0.717) is 6.61 Å². The number of benzene rings is 1. The normalized spacial score (nSPS) is 13.3. The van der Waals surface area contributed by atoms with E-state index in [4.69, 9.17) is 9.16 Å². The van der Waals surface area contributed by atoms with Crippen LogP contribution >= 0.6 is 0 Å². The van der Waals surface area contributed by atoms with Gasteiger partial charge in [0.05, 0.1) is 12.1 Å². The minimum absolute atomic E-state index is 0.149. The second-order valence-corrected chi connectivity index (χ2v) is 13.9. The van der Waals surface area contributed by atoms with Crippen LogP contribution in [0.2, 0.25) is 18.1 Å². The average Bonchev–Trinajstić information content (AvgIpc) is 2.81. The van der Waals surface area contributed by atoms with Crippen molar-refractivity contribution in [2.24, 2.45) is 0 Å². The standard InChI is InChI=1S/C20H31NO3Si/c1-19(2,3)24-18(22)21-13-15(16-11-9-10-12-17(16)21)14-23-25(7,8)20(4,5)6/h9-13H,14H2,1-8H3. The lowest BCUT2D eigenvalue weighted by Crippen LogP contribution is -2.40. The highest BCUT2D eigenvalue weighted by Crippen LogP contribution is 2.37. The van der Waals surface area contributed by atoms with E-state index in [1.165, 1.54) is 0 Å². The third-order valence-corrected chi connectivity index (χ3v) is 9.26. The first kappa shape index (κ1) is 19.7. The Hall–Kier alpha value is -1.59. The van der Waals surface area contributed by atoms with Crippen LogP contribution < -0.4 is 0 Å². The lowest BCUT2D eigenvalue weighted by atomic mass is 10.2. The van der Waals surface area contributed by atoms with Crippen LogP contribution in [0.15, 0.2) is 30.5 Å². The zero-order valence-corrected chi connectivity index (χ0v) is 17.8. The fourth-order valence-electron chi connectivity index (χ4n) is 2.30. The summed E-state index contributed by atoms with van der Waals surface area (Å²) >= 11 is 0. The molecule has 0 radical (unpaired) electrons. The number of aromatic nitrogens is 1. The maximum atomic E-state index is 12.6. The van der Waals surface area contributed by atoms with Crippen LogP contribution in [-0.2, 0) is 15.8 Å². The van der Waals surface area contributed by atoms with Crippen LogP contribution in [-0.4, -0.2) is 24.6 Å². The zero-order valence-electron chi connectivity index (χ0n) is 16.8. The molecule has 0 atom stereocenters. The fourth-order valence-corrected chi connectivity index (χ4v) is 3.25. The quantitative estimate of drug-likeness (QED) is 0.635. The largest absolute Gasteiger partial charge is 0.443 e. The number of fused-ring (bicyclic) bond motifs is 1. The van der Waals surface area contributed by atoms with E-state index in [2.05, 4.69) is 33.9 Å². The molecule has 0 spiro atoms. The Bertz CT molecular complexity index is 763. The van der Waals surface area contributed by atoms with Gasteiger partial charge in [-0.15, -0.1) is 0 Å². The summed E-state index contributed by atoms with van der Waals surface area (Å²) in [5.41, 5.74) is 1.34. The van der Waals surface area contributed by atoms with Gasteiger partial charge in [0, 0.05) is 17.1 Å². The van der Waals surface area contributed by atoms with Gasteiger partial charge in [0.15, 0.2) is 8.32 Å². The molecule has 0 N–H and O–H groups in total. The Labute approximate surface area is 152 Å². The third kappa shape index (κ3) is 4.53. The summed E-state index contributed by atoms with van der Waals surface area (Å²) in [5.74, 6) is 0. The number of para-hydroxylation sites is 1. The van der Waals surface area contributed by atoms with E-state index in [0.717, 1.165) is 16.5 Å². The molecule has 0 bridgehead atoms. The average molecular weight is 362 g/mol. The van der Waals surface area contributed by atoms with Crippen molar-refractivity contribution in [3.63, 3.8) is 0 Å². The lowest BCUT2D eigenvalue weighted by molar-refractivity contribution is 0.0544. The topological polar surface area (TPSA) is 40.5 Å². The number of hydrogen-bond donors (Lipinski definition) is 0. The van der Waals surface area contributed by atoms with Crippen molar-refractivity contribution in [3.8, 4) is 0 Å². The van der Waals surface area contributed by atoms with E-state index in [1.807, 2.05) is 51.2 Å². The highest BCUT2D eigenvalue weighted by atomic mass is 28.4. The van der Waals surface area contributed by atoms with E-state index in [9.17, 15) is 4.79 Å². The van der Waals surface area contributed by atoms with Gasteiger partial charge in [0.2, 0.25) is 0 Å². The van der Waals surface area contributed by atoms with Crippen molar-refractivity contribution in [3.05, 3.63) is 36.0 Å². The van der Waals surface area contributed by atoms with Crippen LogP contribution in [0.25, 0.3) is 10.9 Å². The maximum absolute atomic E-state index is 12.6. The summed E-state index contributed by atoms with van der Waals surface area (Å²) in [6, 6.07) is 7.88. The molecule has 0 fully saturated rings. The van der Waals surface area contributed by atoms with Gasteiger partial charge in [-0.25, -0.2) is 4.79 Å². The molecule has 0 unspecified atom stereocenters. The molecule has 4 nitrogen and oxygen atoms in total. The molecule has 5 heteroatoms. The number of ether oxygens (including phenoxy) is 1. The molecule has 1 aromatic carbocycles. The van der Waals surface area contributed by atoms with Crippen LogP contribution in [0.4, 0.5) is 4.79 Å². The van der Waals surface area contributed by atoms with Gasteiger partial charge in [-0.1, -0.05) is 39.0 Å². The Morgan fingerprint density at radius 1 is 1.08 bits per heavy atom. The molecule has 0 saturated carbocycles.